The van der Waals surface area contributed by atoms with Crippen LogP contribution in [0, 0.1) is 0 Å². The number of pyridine rings is 1. The Bertz CT molecular complexity index is 396. The van der Waals surface area contributed by atoms with E-state index in [1.54, 1.807) is 12.3 Å². The van der Waals surface area contributed by atoms with Gasteiger partial charge in [0.2, 0.25) is 0 Å². The van der Waals surface area contributed by atoms with Crippen molar-refractivity contribution >= 4 is 29.0 Å². The Hall–Kier alpha value is -0.510. The third-order valence-electron chi connectivity index (χ3n) is 2.76. The first-order valence-corrected chi connectivity index (χ1v) is 6.02. The van der Waals surface area contributed by atoms with E-state index in [9.17, 15) is 5.11 Å². The molecule has 0 saturated carbocycles. The topological polar surface area (TPSA) is 36.4 Å². The molecule has 1 fully saturated rings. The minimum Gasteiger partial charge on any atom is -0.388 e. The van der Waals surface area contributed by atoms with Crippen molar-refractivity contribution in [2.45, 2.75) is 25.4 Å². The number of rotatable bonds is 1. The summed E-state index contributed by atoms with van der Waals surface area (Å²) < 4.78 is 0. The van der Waals surface area contributed by atoms with E-state index in [1.165, 1.54) is 0 Å². The molecule has 2 rings (SSSR count). The van der Waals surface area contributed by atoms with Crippen molar-refractivity contribution in [1.29, 1.82) is 0 Å². The summed E-state index contributed by atoms with van der Waals surface area (Å²) in [6, 6.07) is 1.68. The van der Waals surface area contributed by atoms with E-state index < -0.39 is 5.60 Å². The predicted octanol–water partition coefficient (Wildman–Crippen LogP) is 2.74. The summed E-state index contributed by atoms with van der Waals surface area (Å²) in [6.45, 7) is 3.26. The molecule has 1 aliphatic heterocycles. The summed E-state index contributed by atoms with van der Waals surface area (Å²) in [5.74, 6) is 0.700. The van der Waals surface area contributed by atoms with Gasteiger partial charge in [0.1, 0.15) is 5.82 Å². The molecule has 1 atom stereocenters. The number of anilines is 1. The zero-order valence-corrected chi connectivity index (χ0v) is 10.6. The molecular formula is C11H14Cl2N2O. The Morgan fingerprint density at radius 2 is 2.25 bits per heavy atom. The number of β-amino-alcohol motifs (C(OH)–C–C–N with tert-alkyl or cyclic N) is 1. The molecule has 1 saturated heterocycles. The standard InChI is InChI=1S/C11H14Cl2N2O/c1-11(16)3-2-4-15(7-11)10-9(13)5-8(12)6-14-10/h5-6,16H,2-4,7H2,1H3. The Labute approximate surface area is 105 Å². The number of aliphatic hydroxyl groups is 1. The molecule has 1 N–H and O–H groups in total. The monoisotopic (exact) mass is 260 g/mol. The molecule has 16 heavy (non-hydrogen) atoms. The maximum atomic E-state index is 10.0. The van der Waals surface area contributed by atoms with E-state index in [0.29, 0.717) is 22.4 Å². The van der Waals surface area contributed by atoms with E-state index >= 15 is 0 Å². The number of hydrogen-bond acceptors (Lipinski definition) is 3. The van der Waals surface area contributed by atoms with Crippen molar-refractivity contribution in [2.24, 2.45) is 0 Å². The van der Waals surface area contributed by atoms with Gasteiger partial charge in [-0.05, 0) is 25.8 Å². The van der Waals surface area contributed by atoms with Crippen LogP contribution in [-0.2, 0) is 0 Å². The van der Waals surface area contributed by atoms with Gasteiger partial charge in [-0.15, -0.1) is 0 Å². The maximum Gasteiger partial charge on any atom is 0.147 e. The van der Waals surface area contributed by atoms with Gasteiger partial charge < -0.3 is 10.0 Å². The van der Waals surface area contributed by atoms with Gasteiger partial charge in [-0.3, -0.25) is 0 Å². The third-order valence-corrected chi connectivity index (χ3v) is 3.25. The molecule has 1 aromatic rings. The highest BCUT2D eigenvalue weighted by atomic mass is 35.5. The van der Waals surface area contributed by atoms with Crippen LogP contribution in [0.15, 0.2) is 12.3 Å². The lowest BCUT2D eigenvalue weighted by molar-refractivity contribution is 0.0447. The van der Waals surface area contributed by atoms with E-state index in [0.717, 1.165) is 19.4 Å². The van der Waals surface area contributed by atoms with Crippen molar-refractivity contribution in [3.05, 3.63) is 22.3 Å². The smallest absolute Gasteiger partial charge is 0.147 e. The van der Waals surface area contributed by atoms with Crippen LogP contribution in [0.2, 0.25) is 10.0 Å². The Morgan fingerprint density at radius 1 is 1.50 bits per heavy atom. The van der Waals surface area contributed by atoms with Crippen LogP contribution in [0.25, 0.3) is 0 Å². The van der Waals surface area contributed by atoms with Crippen LogP contribution in [0.1, 0.15) is 19.8 Å². The van der Waals surface area contributed by atoms with Gasteiger partial charge in [-0.2, -0.15) is 0 Å². The van der Waals surface area contributed by atoms with Crippen molar-refractivity contribution < 1.29 is 5.11 Å². The summed E-state index contributed by atoms with van der Waals surface area (Å²) in [7, 11) is 0. The molecule has 1 aromatic heterocycles. The van der Waals surface area contributed by atoms with Crippen molar-refractivity contribution in [1.82, 2.24) is 4.98 Å². The molecule has 5 heteroatoms. The fraction of sp³-hybridized carbons (Fsp3) is 0.545. The second-order valence-corrected chi connectivity index (χ2v) is 5.32. The minimum atomic E-state index is -0.664. The zero-order chi connectivity index (χ0) is 11.8. The molecule has 88 valence electrons. The van der Waals surface area contributed by atoms with Gasteiger partial charge in [0, 0.05) is 19.3 Å². The average Bonchev–Trinajstić information content (AvgIpc) is 2.15. The number of halogens is 2. The van der Waals surface area contributed by atoms with Gasteiger partial charge in [-0.1, -0.05) is 23.2 Å². The van der Waals surface area contributed by atoms with Gasteiger partial charge in [0.05, 0.1) is 15.6 Å². The Balaban J connectivity index is 2.23. The van der Waals surface area contributed by atoms with E-state index in [4.69, 9.17) is 23.2 Å². The fourth-order valence-corrected chi connectivity index (χ4v) is 2.54. The van der Waals surface area contributed by atoms with E-state index in [2.05, 4.69) is 4.98 Å². The molecule has 0 aromatic carbocycles. The molecular weight excluding hydrogens is 247 g/mol. The maximum absolute atomic E-state index is 10.0. The van der Waals surface area contributed by atoms with Gasteiger partial charge in [0.25, 0.3) is 0 Å². The Kier molecular flexibility index (Phi) is 3.29. The quantitative estimate of drug-likeness (QED) is 0.844. The zero-order valence-electron chi connectivity index (χ0n) is 9.08. The largest absolute Gasteiger partial charge is 0.388 e. The lowest BCUT2D eigenvalue weighted by atomic mass is 9.95. The van der Waals surface area contributed by atoms with Crippen LogP contribution in [0.4, 0.5) is 5.82 Å². The molecule has 0 radical (unpaired) electrons. The van der Waals surface area contributed by atoms with Crippen LogP contribution in [0.3, 0.4) is 0 Å². The molecule has 3 nitrogen and oxygen atoms in total. The molecule has 0 bridgehead atoms. The molecule has 0 aliphatic carbocycles. The molecule has 2 heterocycles. The Morgan fingerprint density at radius 3 is 2.88 bits per heavy atom. The number of nitrogens with zero attached hydrogens (tertiary/aromatic N) is 2. The minimum absolute atomic E-state index is 0.525. The van der Waals surface area contributed by atoms with Crippen LogP contribution < -0.4 is 4.90 Å². The normalized spacial score (nSPS) is 25.9. The molecule has 1 unspecified atom stereocenters. The average molecular weight is 261 g/mol. The molecule has 1 aliphatic rings. The SMILES string of the molecule is CC1(O)CCCN(c2ncc(Cl)cc2Cl)C1. The molecule has 0 amide bonds. The summed E-state index contributed by atoms with van der Waals surface area (Å²) in [5, 5.41) is 11.1. The number of piperidine rings is 1. The summed E-state index contributed by atoms with van der Waals surface area (Å²) in [4.78, 5) is 6.22. The third kappa shape index (κ3) is 2.59. The highest BCUT2D eigenvalue weighted by Gasteiger charge is 2.29. The summed E-state index contributed by atoms with van der Waals surface area (Å²) >= 11 is 11.9. The van der Waals surface area contributed by atoms with Crippen LogP contribution >= 0.6 is 23.2 Å². The first kappa shape index (κ1) is 12.0. The highest BCUT2D eigenvalue weighted by Crippen LogP contribution is 2.30. The second-order valence-electron chi connectivity index (χ2n) is 4.48. The van der Waals surface area contributed by atoms with Gasteiger partial charge >= 0.3 is 0 Å². The van der Waals surface area contributed by atoms with Gasteiger partial charge in [0.15, 0.2) is 0 Å². The highest BCUT2D eigenvalue weighted by molar-refractivity contribution is 6.36. The summed E-state index contributed by atoms with van der Waals surface area (Å²) in [5.41, 5.74) is -0.664. The van der Waals surface area contributed by atoms with Crippen molar-refractivity contribution in [3.63, 3.8) is 0 Å². The first-order valence-electron chi connectivity index (χ1n) is 5.26. The van der Waals surface area contributed by atoms with Crippen molar-refractivity contribution in [2.75, 3.05) is 18.0 Å². The van der Waals surface area contributed by atoms with Gasteiger partial charge in [-0.25, -0.2) is 4.98 Å². The first-order chi connectivity index (χ1) is 7.48. The van der Waals surface area contributed by atoms with E-state index in [1.807, 2.05) is 11.8 Å². The lowest BCUT2D eigenvalue weighted by Gasteiger charge is -2.37. The van der Waals surface area contributed by atoms with Crippen LogP contribution in [0.5, 0.6) is 0 Å². The predicted molar refractivity (Wildman–Crippen MR) is 66.3 cm³/mol. The fourth-order valence-electron chi connectivity index (χ4n) is 2.04. The number of aromatic nitrogens is 1. The number of hydrogen-bond donors (Lipinski definition) is 1. The van der Waals surface area contributed by atoms with Crippen LogP contribution in [-0.4, -0.2) is 28.8 Å². The molecule has 0 spiro atoms. The summed E-state index contributed by atoms with van der Waals surface area (Å²) in [6.07, 6.45) is 3.33. The van der Waals surface area contributed by atoms with Crippen molar-refractivity contribution in [3.8, 4) is 0 Å². The lowest BCUT2D eigenvalue weighted by Crippen LogP contribution is -2.46. The second kappa shape index (κ2) is 4.40. The van der Waals surface area contributed by atoms with E-state index in [-0.39, 0.29) is 0 Å².